The molecule has 0 aliphatic heterocycles. The quantitative estimate of drug-likeness (QED) is 0.791. The third-order valence-corrected chi connectivity index (χ3v) is 2.27. The van der Waals surface area contributed by atoms with Gasteiger partial charge in [0.25, 0.3) is 6.43 Å². The van der Waals surface area contributed by atoms with E-state index in [1.807, 2.05) is 26.0 Å². The lowest BCUT2D eigenvalue weighted by atomic mass is 10.0. The molecule has 1 aromatic carbocycles. The second-order valence-electron chi connectivity index (χ2n) is 3.68. The molecule has 0 bridgehead atoms. The molecule has 1 nitrogen and oxygen atoms in total. The van der Waals surface area contributed by atoms with Gasteiger partial charge in [0.05, 0.1) is 6.04 Å². The summed E-state index contributed by atoms with van der Waals surface area (Å²) in [5.41, 5.74) is 1.68. The molecule has 0 aromatic heterocycles. The van der Waals surface area contributed by atoms with E-state index in [9.17, 15) is 8.78 Å². The molecule has 0 fully saturated rings. The summed E-state index contributed by atoms with van der Waals surface area (Å²) in [6.45, 7) is 4.49. The number of hydrogen-bond acceptors (Lipinski definition) is 1. The van der Waals surface area contributed by atoms with E-state index in [4.69, 9.17) is 0 Å². The number of halogens is 2. The van der Waals surface area contributed by atoms with Crippen LogP contribution in [0.15, 0.2) is 24.3 Å². The van der Waals surface area contributed by atoms with Gasteiger partial charge in [-0.2, -0.15) is 0 Å². The second-order valence-corrected chi connectivity index (χ2v) is 3.68. The summed E-state index contributed by atoms with van der Waals surface area (Å²) in [6, 6.07) is 6.43. The van der Waals surface area contributed by atoms with Gasteiger partial charge in [0.2, 0.25) is 0 Å². The lowest BCUT2D eigenvalue weighted by molar-refractivity contribution is 0.0985. The van der Waals surface area contributed by atoms with Gasteiger partial charge in [0.1, 0.15) is 0 Å². The van der Waals surface area contributed by atoms with Crippen molar-refractivity contribution in [3.63, 3.8) is 0 Å². The molecule has 3 heteroatoms. The van der Waals surface area contributed by atoms with E-state index in [-0.39, 0.29) is 0 Å². The van der Waals surface area contributed by atoms with Gasteiger partial charge in [0.15, 0.2) is 0 Å². The lowest BCUT2D eigenvalue weighted by Gasteiger charge is -2.18. The van der Waals surface area contributed by atoms with E-state index >= 15 is 0 Å². The summed E-state index contributed by atoms with van der Waals surface area (Å²) in [6.07, 6.45) is -1.51. The van der Waals surface area contributed by atoms with Crippen molar-refractivity contribution < 1.29 is 8.78 Å². The molecular weight excluding hydrogens is 196 g/mol. The Morgan fingerprint density at radius 1 is 1.33 bits per heavy atom. The van der Waals surface area contributed by atoms with Crippen LogP contribution in [-0.2, 0) is 0 Å². The average molecular weight is 213 g/mol. The van der Waals surface area contributed by atoms with Gasteiger partial charge in [-0.05, 0) is 25.5 Å². The highest BCUT2D eigenvalue weighted by molar-refractivity contribution is 5.25. The smallest absolute Gasteiger partial charge is 0.257 e. The second kappa shape index (κ2) is 5.81. The summed E-state index contributed by atoms with van der Waals surface area (Å²) in [5.74, 6) is 0. The first-order valence-corrected chi connectivity index (χ1v) is 5.23. The van der Waals surface area contributed by atoms with Crippen molar-refractivity contribution in [2.45, 2.75) is 32.7 Å². The Balaban J connectivity index is 2.79. The fourth-order valence-corrected chi connectivity index (χ4v) is 1.52. The van der Waals surface area contributed by atoms with Crippen LogP contribution in [0.25, 0.3) is 0 Å². The number of hydrogen-bond donors (Lipinski definition) is 1. The van der Waals surface area contributed by atoms with Crippen LogP contribution in [0.1, 0.15) is 30.5 Å². The normalized spacial score (nSPS) is 13.1. The molecule has 15 heavy (non-hydrogen) atoms. The Kier molecular flexibility index (Phi) is 4.69. The summed E-state index contributed by atoms with van der Waals surface area (Å²) < 4.78 is 25.6. The van der Waals surface area contributed by atoms with Crippen molar-refractivity contribution in [3.05, 3.63) is 35.4 Å². The van der Waals surface area contributed by atoms with Crippen molar-refractivity contribution in [3.8, 4) is 0 Å². The minimum atomic E-state index is -2.36. The molecule has 0 saturated carbocycles. The van der Waals surface area contributed by atoms with Crippen LogP contribution >= 0.6 is 0 Å². The predicted octanol–water partition coefficient (Wildman–Crippen LogP) is 3.30. The van der Waals surface area contributed by atoms with E-state index in [1.54, 1.807) is 12.1 Å². The maximum absolute atomic E-state index is 12.8. The molecule has 0 amide bonds. The summed E-state index contributed by atoms with van der Waals surface area (Å²) >= 11 is 0. The van der Waals surface area contributed by atoms with Crippen LogP contribution in [0.3, 0.4) is 0 Å². The first-order valence-electron chi connectivity index (χ1n) is 5.23. The largest absolute Gasteiger partial charge is 0.305 e. The van der Waals surface area contributed by atoms with Gasteiger partial charge in [-0.25, -0.2) is 8.78 Å². The van der Waals surface area contributed by atoms with Gasteiger partial charge in [0, 0.05) is 0 Å². The SMILES string of the molecule is CCCNC(c1cccc(C)c1)C(F)F. The molecule has 0 radical (unpaired) electrons. The molecule has 0 aliphatic carbocycles. The van der Waals surface area contributed by atoms with E-state index in [1.165, 1.54) is 0 Å². The van der Waals surface area contributed by atoms with Crippen LogP contribution in [0, 0.1) is 6.92 Å². The zero-order valence-corrected chi connectivity index (χ0v) is 9.13. The Bertz CT molecular complexity index is 299. The first-order chi connectivity index (χ1) is 7.15. The van der Waals surface area contributed by atoms with Crippen LogP contribution in [0.5, 0.6) is 0 Å². The third kappa shape index (κ3) is 3.59. The maximum atomic E-state index is 12.8. The fourth-order valence-electron chi connectivity index (χ4n) is 1.52. The molecule has 1 N–H and O–H groups in total. The minimum absolute atomic E-state index is 0.614. The molecule has 0 saturated heterocycles. The number of aryl methyl sites for hydroxylation is 1. The molecule has 0 heterocycles. The standard InChI is InChI=1S/C12H17F2N/c1-3-7-15-11(12(13)14)10-6-4-5-9(2)8-10/h4-6,8,11-12,15H,3,7H2,1-2H3. The first kappa shape index (κ1) is 12.1. The zero-order chi connectivity index (χ0) is 11.3. The number of benzene rings is 1. The van der Waals surface area contributed by atoms with Crippen molar-refractivity contribution in [2.24, 2.45) is 0 Å². The van der Waals surface area contributed by atoms with Crippen LogP contribution in [-0.4, -0.2) is 13.0 Å². The van der Waals surface area contributed by atoms with E-state index in [0.29, 0.717) is 12.1 Å². The Hall–Kier alpha value is -0.960. The number of alkyl halides is 2. The van der Waals surface area contributed by atoms with Crippen molar-refractivity contribution in [2.75, 3.05) is 6.54 Å². The van der Waals surface area contributed by atoms with Crippen molar-refractivity contribution in [1.29, 1.82) is 0 Å². The number of rotatable bonds is 5. The summed E-state index contributed by atoms with van der Waals surface area (Å²) in [7, 11) is 0. The highest BCUT2D eigenvalue weighted by Crippen LogP contribution is 2.21. The van der Waals surface area contributed by atoms with E-state index in [0.717, 1.165) is 12.0 Å². The maximum Gasteiger partial charge on any atom is 0.257 e. The Morgan fingerprint density at radius 2 is 2.07 bits per heavy atom. The molecule has 84 valence electrons. The lowest BCUT2D eigenvalue weighted by Crippen LogP contribution is -2.28. The average Bonchev–Trinajstić information content (AvgIpc) is 2.18. The minimum Gasteiger partial charge on any atom is -0.305 e. The molecular formula is C12H17F2N. The van der Waals surface area contributed by atoms with Gasteiger partial charge < -0.3 is 5.32 Å². The monoisotopic (exact) mass is 213 g/mol. The van der Waals surface area contributed by atoms with Crippen molar-refractivity contribution in [1.82, 2.24) is 5.32 Å². The van der Waals surface area contributed by atoms with Crippen LogP contribution in [0.2, 0.25) is 0 Å². The highest BCUT2D eigenvalue weighted by Gasteiger charge is 2.21. The van der Waals surface area contributed by atoms with Gasteiger partial charge in [-0.15, -0.1) is 0 Å². The molecule has 1 unspecified atom stereocenters. The molecule has 1 atom stereocenters. The van der Waals surface area contributed by atoms with Gasteiger partial charge >= 0.3 is 0 Å². The Morgan fingerprint density at radius 3 is 2.60 bits per heavy atom. The van der Waals surface area contributed by atoms with E-state index in [2.05, 4.69) is 5.32 Å². The molecule has 1 rings (SSSR count). The Labute approximate surface area is 89.5 Å². The van der Waals surface area contributed by atoms with Gasteiger partial charge in [-0.1, -0.05) is 36.8 Å². The van der Waals surface area contributed by atoms with Crippen LogP contribution in [0.4, 0.5) is 8.78 Å². The van der Waals surface area contributed by atoms with E-state index < -0.39 is 12.5 Å². The topological polar surface area (TPSA) is 12.0 Å². The zero-order valence-electron chi connectivity index (χ0n) is 9.13. The molecule has 0 spiro atoms. The number of nitrogens with one attached hydrogen (secondary N) is 1. The summed E-state index contributed by atoms with van der Waals surface area (Å²) in [4.78, 5) is 0. The molecule has 0 aliphatic rings. The molecule has 1 aromatic rings. The van der Waals surface area contributed by atoms with Gasteiger partial charge in [-0.3, -0.25) is 0 Å². The third-order valence-electron chi connectivity index (χ3n) is 2.27. The predicted molar refractivity (Wildman–Crippen MR) is 58.2 cm³/mol. The fraction of sp³-hybridized carbons (Fsp3) is 0.500. The summed E-state index contributed by atoms with van der Waals surface area (Å²) in [5, 5.41) is 2.86. The highest BCUT2D eigenvalue weighted by atomic mass is 19.3. The van der Waals surface area contributed by atoms with Crippen LogP contribution < -0.4 is 5.32 Å². The van der Waals surface area contributed by atoms with Crippen molar-refractivity contribution >= 4 is 0 Å².